The molecule has 1 N–H and O–H groups in total. The summed E-state index contributed by atoms with van der Waals surface area (Å²) in [5.41, 5.74) is 1.50. The van der Waals surface area contributed by atoms with Gasteiger partial charge in [0.2, 0.25) is 0 Å². The number of pyridine rings is 1. The van der Waals surface area contributed by atoms with E-state index in [9.17, 15) is 18.7 Å². The van der Waals surface area contributed by atoms with Crippen molar-refractivity contribution in [2.45, 2.75) is 6.10 Å². The van der Waals surface area contributed by atoms with E-state index in [1.165, 1.54) is 23.0 Å². The maximum atomic E-state index is 14.8. The van der Waals surface area contributed by atoms with Gasteiger partial charge in [-0.25, -0.2) is 18.4 Å². The molecule has 0 bridgehead atoms. The number of hydrogen-bond acceptors (Lipinski definition) is 9. The summed E-state index contributed by atoms with van der Waals surface area (Å²) < 4.78 is 36.9. The van der Waals surface area contributed by atoms with Gasteiger partial charge in [0.15, 0.2) is 5.82 Å². The minimum Gasteiger partial charge on any atom is -0.441 e. The zero-order valence-electron chi connectivity index (χ0n) is 16.4. The first-order chi connectivity index (χ1) is 15.3. The number of cyclic esters (lactones) is 1. The summed E-state index contributed by atoms with van der Waals surface area (Å²) >= 11 is 0. The Morgan fingerprint density at radius 1 is 1.38 bits per heavy atom. The summed E-state index contributed by atoms with van der Waals surface area (Å²) in [6, 6.07) is 7.49. The minimum atomic E-state index is -4.63. The van der Waals surface area contributed by atoms with Crippen LogP contribution in [-0.4, -0.2) is 55.4 Å². The third kappa shape index (κ3) is 4.37. The third-order valence-electron chi connectivity index (χ3n) is 4.59. The van der Waals surface area contributed by atoms with Gasteiger partial charge in [0, 0.05) is 29.3 Å². The number of benzene rings is 1. The van der Waals surface area contributed by atoms with Crippen molar-refractivity contribution in [3.63, 3.8) is 0 Å². The van der Waals surface area contributed by atoms with Crippen molar-refractivity contribution in [1.29, 1.82) is 0 Å². The Morgan fingerprint density at radius 2 is 2.19 bits per heavy atom. The smallest absolute Gasteiger partial charge is 0.441 e. The molecule has 32 heavy (non-hydrogen) atoms. The van der Waals surface area contributed by atoms with Crippen LogP contribution in [0.15, 0.2) is 41.5 Å². The van der Waals surface area contributed by atoms with E-state index in [4.69, 9.17) is 9.63 Å². The van der Waals surface area contributed by atoms with E-state index >= 15 is 0 Å². The molecule has 0 radical (unpaired) electrons. The molecule has 1 fully saturated rings. The summed E-state index contributed by atoms with van der Waals surface area (Å²) in [7, 11) is -2.96. The van der Waals surface area contributed by atoms with Crippen LogP contribution in [0.5, 0.6) is 0 Å². The highest BCUT2D eigenvalue weighted by molar-refractivity contribution is 7.51. The number of aromatic nitrogens is 5. The normalized spacial score (nSPS) is 17.8. The molecule has 2 atom stereocenters. The van der Waals surface area contributed by atoms with E-state index in [-0.39, 0.29) is 17.8 Å². The number of carbonyl (C=O) groups is 1. The lowest BCUT2D eigenvalue weighted by Gasteiger charge is -2.14. The van der Waals surface area contributed by atoms with Crippen molar-refractivity contribution in [3.05, 3.63) is 47.3 Å². The first-order valence-corrected chi connectivity index (χ1v) is 10.6. The number of hydrogen-bond donors (Lipinski definition) is 1. The van der Waals surface area contributed by atoms with Gasteiger partial charge in [-0.2, -0.15) is 0 Å². The molecule has 1 aliphatic rings. The first kappa shape index (κ1) is 21.6. The second-order valence-corrected chi connectivity index (χ2v) is 8.11. The lowest BCUT2D eigenvalue weighted by molar-refractivity contribution is 0.0993. The van der Waals surface area contributed by atoms with E-state index in [0.717, 1.165) is 11.0 Å². The molecule has 2 aromatic heterocycles. The summed E-state index contributed by atoms with van der Waals surface area (Å²) in [6.45, 7) is -0.583. The molecule has 13 nitrogen and oxygen atoms in total. The van der Waals surface area contributed by atoms with Crippen LogP contribution < -0.4 is 4.90 Å². The number of carbonyl (C=O) groups excluding carboxylic acids is 1. The van der Waals surface area contributed by atoms with Gasteiger partial charge in [0.1, 0.15) is 17.6 Å². The average Bonchev–Trinajstić information content (AvgIpc) is 3.38. The Kier molecular flexibility index (Phi) is 5.74. The SMILES string of the molecule is Cn1nnnc1-c1ccc(-c2ccc(N3C[C@H](COP(=O)(O)N=O)OC3=O)cc2F)cn1. The van der Waals surface area contributed by atoms with Gasteiger partial charge in [0.25, 0.3) is 0 Å². The van der Waals surface area contributed by atoms with Crippen molar-refractivity contribution in [2.75, 3.05) is 18.1 Å². The number of tetrazole rings is 1. The number of anilines is 1. The monoisotopic (exact) mass is 463 g/mol. The molecular weight excluding hydrogens is 448 g/mol. The van der Waals surface area contributed by atoms with Crippen LogP contribution >= 0.6 is 7.75 Å². The molecule has 1 amide bonds. The lowest BCUT2D eigenvalue weighted by Crippen LogP contribution is -2.25. The van der Waals surface area contributed by atoms with E-state index in [1.54, 1.807) is 19.2 Å². The zero-order valence-corrected chi connectivity index (χ0v) is 17.3. The van der Waals surface area contributed by atoms with Crippen LogP contribution in [0, 0.1) is 10.7 Å². The summed E-state index contributed by atoms with van der Waals surface area (Å²) in [5.74, 6) is -0.144. The highest BCUT2D eigenvalue weighted by Gasteiger charge is 2.35. The Hall–Kier alpha value is -3.61. The van der Waals surface area contributed by atoms with Crippen molar-refractivity contribution in [3.8, 4) is 22.6 Å². The summed E-state index contributed by atoms with van der Waals surface area (Å²) in [6.07, 6.45) is -0.242. The first-order valence-electron chi connectivity index (χ1n) is 9.06. The van der Waals surface area contributed by atoms with Gasteiger partial charge < -0.3 is 9.63 Å². The largest absolute Gasteiger partial charge is 0.487 e. The highest BCUT2D eigenvalue weighted by Crippen LogP contribution is 2.43. The number of ether oxygens (including phenoxy) is 1. The van der Waals surface area contributed by atoms with E-state index in [1.807, 2.05) is 4.95 Å². The molecule has 1 aliphatic heterocycles. The summed E-state index contributed by atoms with van der Waals surface area (Å²) in [4.78, 5) is 38.7. The van der Waals surface area contributed by atoms with Crippen LogP contribution in [0.4, 0.5) is 14.9 Å². The topological polar surface area (TPSA) is 162 Å². The van der Waals surface area contributed by atoms with E-state index in [2.05, 4.69) is 25.0 Å². The van der Waals surface area contributed by atoms with Crippen molar-refractivity contribution < 1.29 is 27.9 Å². The molecule has 15 heteroatoms. The second-order valence-electron chi connectivity index (χ2n) is 6.71. The molecule has 0 saturated carbocycles. The third-order valence-corrected chi connectivity index (χ3v) is 5.29. The average molecular weight is 463 g/mol. The molecule has 1 saturated heterocycles. The maximum Gasteiger partial charge on any atom is 0.487 e. The number of halogens is 1. The fourth-order valence-corrected chi connectivity index (χ4v) is 3.47. The van der Waals surface area contributed by atoms with Crippen LogP contribution in [-0.2, 0) is 20.9 Å². The molecule has 4 rings (SSSR count). The lowest BCUT2D eigenvalue weighted by atomic mass is 10.1. The van der Waals surface area contributed by atoms with Crippen LogP contribution in [0.25, 0.3) is 22.6 Å². The van der Waals surface area contributed by atoms with Gasteiger partial charge >= 0.3 is 13.8 Å². The fraction of sp³-hybridized carbons (Fsp3) is 0.235. The number of nitroso groups, excluding NO2 is 1. The van der Waals surface area contributed by atoms with Crippen LogP contribution in [0.1, 0.15) is 0 Å². The van der Waals surface area contributed by atoms with Crippen molar-refractivity contribution in [2.24, 2.45) is 12.0 Å². The number of rotatable bonds is 7. The predicted octanol–water partition coefficient (Wildman–Crippen LogP) is 2.29. The zero-order chi connectivity index (χ0) is 22.9. The van der Waals surface area contributed by atoms with Crippen molar-refractivity contribution >= 4 is 19.5 Å². The van der Waals surface area contributed by atoms with Crippen molar-refractivity contribution in [1.82, 2.24) is 25.2 Å². The molecule has 0 aliphatic carbocycles. The molecule has 1 unspecified atom stereocenters. The Morgan fingerprint density at radius 3 is 2.81 bits per heavy atom. The molecule has 166 valence electrons. The van der Waals surface area contributed by atoms with Gasteiger partial charge in [-0.3, -0.25) is 14.4 Å². The molecular formula is C17H15FN7O6P. The predicted molar refractivity (Wildman–Crippen MR) is 107 cm³/mol. The van der Waals surface area contributed by atoms with E-state index in [0.29, 0.717) is 17.1 Å². The Labute approximate surface area is 179 Å². The fourth-order valence-electron chi connectivity index (χ4n) is 3.06. The highest BCUT2D eigenvalue weighted by atomic mass is 31.2. The van der Waals surface area contributed by atoms with E-state index < -0.39 is 32.4 Å². The Bertz CT molecular complexity index is 1220. The quantitative estimate of drug-likeness (QED) is 0.406. The maximum absolute atomic E-state index is 14.8. The van der Waals surface area contributed by atoms with Gasteiger partial charge in [-0.05, 0) is 34.7 Å². The van der Waals surface area contributed by atoms with Crippen LogP contribution in [0.3, 0.4) is 0 Å². The Balaban J connectivity index is 1.49. The number of aryl methyl sites for hydroxylation is 1. The van der Waals surface area contributed by atoms with Gasteiger partial charge in [-0.15, -0.1) is 10.0 Å². The molecule has 3 aromatic rings. The number of amides is 1. The molecule has 1 aromatic carbocycles. The standard InChI is InChI=1S/C17H15FN7O6P/c1-24-16(20-21-22-24)15-5-2-10(7-19-15)13-4-3-11(6-14(13)18)25-8-12(31-17(25)26)9-30-32(28,29)23-27/h2-7,12H,8-9H2,1H3,(H,28,29)/t12-/m1/s1. The number of nitrogens with zero attached hydrogens (tertiary/aromatic N) is 7. The molecule has 0 spiro atoms. The van der Waals surface area contributed by atoms with Crippen LogP contribution in [0.2, 0.25) is 0 Å². The molecule has 3 heterocycles. The minimum absolute atomic E-state index is 0.0710. The second kappa shape index (κ2) is 8.49. The van der Waals surface area contributed by atoms with Gasteiger partial charge in [-0.1, -0.05) is 6.07 Å². The summed E-state index contributed by atoms with van der Waals surface area (Å²) in [5, 5.41) is 11.1. The van der Waals surface area contributed by atoms with Gasteiger partial charge in [0.05, 0.1) is 18.8 Å².